The number of carbonyl (C=O) groups excluding carboxylic acids is 1. The van der Waals surface area contributed by atoms with Gasteiger partial charge in [0.25, 0.3) is 0 Å². The van der Waals surface area contributed by atoms with Gasteiger partial charge in [-0.1, -0.05) is 30.3 Å². The van der Waals surface area contributed by atoms with Crippen LogP contribution in [0.25, 0.3) is 11.1 Å². The van der Waals surface area contributed by atoms with Gasteiger partial charge in [-0.25, -0.2) is 4.79 Å². The molecule has 4 nitrogen and oxygen atoms in total. The Bertz CT molecular complexity index is 834. The van der Waals surface area contributed by atoms with Crippen molar-refractivity contribution in [2.75, 3.05) is 7.11 Å². The van der Waals surface area contributed by atoms with Gasteiger partial charge in [-0.05, 0) is 31.0 Å². The average Bonchev–Trinajstić information content (AvgIpc) is 3.10. The molecule has 3 aromatic rings. The Hall–Kier alpha value is -2.40. The van der Waals surface area contributed by atoms with E-state index in [-0.39, 0.29) is 5.97 Å². The number of nitrogens with zero attached hydrogens (tertiary/aromatic N) is 2. The highest BCUT2D eigenvalue weighted by Crippen LogP contribution is 2.33. The summed E-state index contributed by atoms with van der Waals surface area (Å²) in [6, 6.07) is 12.1. The Labute approximate surface area is 139 Å². The number of aryl methyl sites for hydroxylation is 2. The molecule has 0 atom stereocenters. The van der Waals surface area contributed by atoms with Crippen molar-refractivity contribution < 1.29 is 9.53 Å². The lowest BCUT2D eigenvalue weighted by Crippen LogP contribution is -1.99. The molecule has 0 saturated carbocycles. The van der Waals surface area contributed by atoms with E-state index >= 15 is 0 Å². The third-order valence-electron chi connectivity index (χ3n) is 3.73. The minimum atomic E-state index is -0.293. The van der Waals surface area contributed by atoms with Crippen LogP contribution in [0, 0.1) is 13.8 Å². The fourth-order valence-electron chi connectivity index (χ4n) is 2.58. The van der Waals surface area contributed by atoms with Crippen molar-refractivity contribution in [1.29, 1.82) is 0 Å². The molecule has 118 valence electrons. The van der Waals surface area contributed by atoms with Gasteiger partial charge in [0.05, 0.1) is 19.3 Å². The first kappa shape index (κ1) is 15.5. The molecule has 0 fully saturated rings. The topological polar surface area (TPSA) is 44.1 Å². The highest BCUT2D eigenvalue weighted by atomic mass is 32.1. The van der Waals surface area contributed by atoms with Crippen molar-refractivity contribution in [2.24, 2.45) is 0 Å². The van der Waals surface area contributed by atoms with Crippen LogP contribution in [0.15, 0.2) is 42.6 Å². The molecule has 2 heterocycles. The van der Waals surface area contributed by atoms with Crippen LogP contribution in [-0.4, -0.2) is 22.9 Å². The number of benzene rings is 1. The van der Waals surface area contributed by atoms with Crippen molar-refractivity contribution >= 4 is 17.3 Å². The third kappa shape index (κ3) is 3.19. The van der Waals surface area contributed by atoms with Gasteiger partial charge in [0.15, 0.2) is 0 Å². The van der Waals surface area contributed by atoms with E-state index < -0.39 is 0 Å². The second-order valence-electron chi connectivity index (χ2n) is 5.38. The molecular formula is C18H18N2O2S. The zero-order valence-electron chi connectivity index (χ0n) is 13.4. The Balaban J connectivity index is 1.92. The summed E-state index contributed by atoms with van der Waals surface area (Å²) in [5.41, 5.74) is 4.27. The lowest BCUT2D eigenvalue weighted by molar-refractivity contribution is 0.0606. The lowest BCUT2D eigenvalue weighted by Gasteiger charge is -2.00. The number of hydrogen-bond acceptors (Lipinski definition) is 4. The summed E-state index contributed by atoms with van der Waals surface area (Å²) in [4.78, 5) is 13.4. The van der Waals surface area contributed by atoms with Crippen LogP contribution in [0.4, 0.5) is 0 Å². The first-order chi connectivity index (χ1) is 11.1. The van der Waals surface area contributed by atoms with Crippen LogP contribution in [0.5, 0.6) is 0 Å². The van der Waals surface area contributed by atoms with Crippen molar-refractivity contribution in [3.05, 3.63) is 63.6 Å². The fraction of sp³-hybridized carbons (Fsp3) is 0.222. The van der Waals surface area contributed by atoms with Crippen LogP contribution < -0.4 is 0 Å². The molecule has 0 amide bonds. The summed E-state index contributed by atoms with van der Waals surface area (Å²) in [5.74, 6) is -0.293. The number of rotatable bonds is 4. The van der Waals surface area contributed by atoms with E-state index in [9.17, 15) is 4.79 Å². The smallest absolute Gasteiger partial charge is 0.348 e. The van der Waals surface area contributed by atoms with E-state index in [4.69, 9.17) is 4.74 Å². The molecule has 0 spiro atoms. The summed E-state index contributed by atoms with van der Waals surface area (Å²) in [6.45, 7) is 4.74. The van der Waals surface area contributed by atoms with Gasteiger partial charge in [0, 0.05) is 16.6 Å². The minimum absolute atomic E-state index is 0.293. The lowest BCUT2D eigenvalue weighted by atomic mass is 10.1. The van der Waals surface area contributed by atoms with E-state index in [0.717, 1.165) is 28.2 Å². The molecule has 23 heavy (non-hydrogen) atoms. The van der Waals surface area contributed by atoms with Crippen LogP contribution in [0.2, 0.25) is 0 Å². The number of thiophene rings is 1. The molecule has 3 rings (SSSR count). The van der Waals surface area contributed by atoms with E-state index in [1.165, 1.54) is 24.0 Å². The van der Waals surface area contributed by atoms with Gasteiger partial charge >= 0.3 is 5.97 Å². The third-order valence-corrected chi connectivity index (χ3v) is 4.76. The molecule has 0 saturated heterocycles. The highest BCUT2D eigenvalue weighted by molar-refractivity contribution is 7.14. The molecule has 1 aromatic carbocycles. The van der Waals surface area contributed by atoms with E-state index in [1.807, 2.05) is 49.0 Å². The summed E-state index contributed by atoms with van der Waals surface area (Å²) in [5, 5.41) is 4.60. The maximum atomic E-state index is 11.7. The van der Waals surface area contributed by atoms with Gasteiger partial charge in [-0.15, -0.1) is 11.3 Å². The largest absolute Gasteiger partial charge is 0.465 e. The summed E-state index contributed by atoms with van der Waals surface area (Å²) >= 11 is 1.45. The van der Waals surface area contributed by atoms with Crippen molar-refractivity contribution in [2.45, 2.75) is 20.4 Å². The Morgan fingerprint density at radius 1 is 1.22 bits per heavy atom. The van der Waals surface area contributed by atoms with Gasteiger partial charge in [0.2, 0.25) is 0 Å². The zero-order valence-corrected chi connectivity index (χ0v) is 14.2. The van der Waals surface area contributed by atoms with Crippen LogP contribution in [0.1, 0.15) is 25.8 Å². The summed E-state index contributed by atoms with van der Waals surface area (Å²) in [6.07, 6.45) is 2.04. The van der Waals surface area contributed by atoms with E-state index in [2.05, 4.69) is 17.2 Å². The molecule has 0 aliphatic carbocycles. The molecule has 0 bridgehead atoms. The molecule has 0 unspecified atom stereocenters. The monoisotopic (exact) mass is 326 g/mol. The fourth-order valence-corrected chi connectivity index (χ4v) is 3.54. The number of esters is 1. The molecule has 0 aliphatic heterocycles. The number of ether oxygens (including phenoxy) is 1. The SMILES string of the molecule is COC(=O)c1cc(-c2cn(Cc3ccccc3)nc2C)c(C)s1. The van der Waals surface area contributed by atoms with Crippen molar-refractivity contribution in [1.82, 2.24) is 9.78 Å². The molecular weight excluding hydrogens is 308 g/mol. The minimum Gasteiger partial charge on any atom is -0.465 e. The molecule has 0 radical (unpaired) electrons. The van der Waals surface area contributed by atoms with Gasteiger partial charge < -0.3 is 4.74 Å². The van der Waals surface area contributed by atoms with Crippen molar-refractivity contribution in [3.63, 3.8) is 0 Å². The van der Waals surface area contributed by atoms with Crippen molar-refractivity contribution in [3.8, 4) is 11.1 Å². The molecule has 5 heteroatoms. The highest BCUT2D eigenvalue weighted by Gasteiger charge is 2.17. The first-order valence-corrected chi connectivity index (χ1v) is 8.17. The molecule has 2 aromatic heterocycles. The molecule has 0 N–H and O–H groups in total. The van der Waals surface area contributed by atoms with Gasteiger partial charge in [-0.2, -0.15) is 5.10 Å². The zero-order chi connectivity index (χ0) is 16.4. The number of hydrogen-bond donors (Lipinski definition) is 0. The number of methoxy groups -OCH3 is 1. The second kappa shape index (κ2) is 6.38. The maximum absolute atomic E-state index is 11.7. The van der Waals surface area contributed by atoms with Gasteiger partial charge in [-0.3, -0.25) is 4.68 Å². The quantitative estimate of drug-likeness (QED) is 0.679. The Morgan fingerprint density at radius 3 is 2.65 bits per heavy atom. The van der Waals surface area contributed by atoms with Crippen LogP contribution >= 0.6 is 11.3 Å². The Kier molecular flexibility index (Phi) is 4.30. The van der Waals surface area contributed by atoms with Crippen LogP contribution in [-0.2, 0) is 11.3 Å². The first-order valence-electron chi connectivity index (χ1n) is 7.35. The Morgan fingerprint density at radius 2 is 1.96 bits per heavy atom. The van der Waals surface area contributed by atoms with E-state index in [0.29, 0.717) is 4.88 Å². The van der Waals surface area contributed by atoms with Crippen LogP contribution in [0.3, 0.4) is 0 Å². The summed E-state index contributed by atoms with van der Waals surface area (Å²) < 4.78 is 6.74. The maximum Gasteiger partial charge on any atom is 0.348 e. The standard InChI is InChI=1S/C18H18N2O2S/c1-12-16(15-9-17(18(21)22-3)23-13(15)2)11-20(19-12)10-14-7-5-4-6-8-14/h4-9,11H,10H2,1-3H3. The second-order valence-corrected chi connectivity index (χ2v) is 6.64. The average molecular weight is 326 g/mol. The number of aromatic nitrogens is 2. The van der Waals surface area contributed by atoms with Gasteiger partial charge in [0.1, 0.15) is 4.88 Å². The normalized spacial score (nSPS) is 10.7. The predicted molar refractivity (Wildman–Crippen MR) is 91.9 cm³/mol. The molecule has 0 aliphatic rings. The number of carbonyl (C=O) groups is 1. The van der Waals surface area contributed by atoms with E-state index in [1.54, 1.807) is 0 Å². The predicted octanol–water partition coefficient (Wildman–Crippen LogP) is 4.06. The summed E-state index contributed by atoms with van der Waals surface area (Å²) in [7, 11) is 1.40.